The molecule has 3 rings (SSSR count). The third-order valence-corrected chi connectivity index (χ3v) is 5.38. The van der Waals surface area contributed by atoms with Crippen molar-refractivity contribution in [2.45, 2.75) is 17.4 Å². The Hall–Kier alpha value is -3.20. The Morgan fingerprint density at radius 2 is 1.78 bits per heavy atom. The molecule has 1 aliphatic rings. The second kappa shape index (κ2) is 6.51. The van der Waals surface area contributed by atoms with Crippen molar-refractivity contribution in [2.24, 2.45) is 0 Å². The molecule has 27 heavy (non-hydrogen) atoms. The summed E-state index contributed by atoms with van der Waals surface area (Å²) >= 11 is 0. The quantitative estimate of drug-likeness (QED) is 0.685. The fraction of sp³-hybridized carbons (Fsp3) is 0.167. The number of carbonyl (C=O) groups is 3. The monoisotopic (exact) mass is 387 g/mol. The molecule has 0 radical (unpaired) electrons. The van der Waals surface area contributed by atoms with Crippen LogP contribution in [0.2, 0.25) is 0 Å². The van der Waals surface area contributed by atoms with Crippen LogP contribution >= 0.6 is 0 Å². The molecule has 2 aromatic carbocycles. The first kappa shape index (κ1) is 18.6. The Morgan fingerprint density at radius 3 is 2.41 bits per heavy atom. The molecular formula is C18H17N3O5S. The number of rotatable bonds is 4. The van der Waals surface area contributed by atoms with Crippen molar-refractivity contribution in [3.05, 3.63) is 59.7 Å². The molecule has 140 valence electrons. The third-order valence-electron chi connectivity index (χ3n) is 4.27. The van der Waals surface area contributed by atoms with Crippen molar-refractivity contribution < 1.29 is 22.8 Å². The normalized spacial score (nSPS) is 19.3. The molecule has 0 spiro atoms. The van der Waals surface area contributed by atoms with E-state index in [0.29, 0.717) is 11.3 Å². The Morgan fingerprint density at radius 1 is 1.07 bits per heavy atom. The molecule has 9 heteroatoms. The van der Waals surface area contributed by atoms with Crippen LogP contribution < -0.4 is 16.0 Å². The molecule has 1 aliphatic heterocycles. The first-order chi connectivity index (χ1) is 12.6. The minimum absolute atomic E-state index is 0.0433. The predicted molar refractivity (Wildman–Crippen MR) is 98.0 cm³/mol. The summed E-state index contributed by atoms with van der Waals surface area (Å²) in [6.07, 6.45) is 1.06. The summed E-state index contributed by atoms with van der Waals surface area (Å²) < 4.78 is 23.3. The Balaban J connectivity index is 1.86. The highest BCUT2D eigenvalue weighted by Crippen LogP contribution is 2.26. The third kappa shape index (κ3) is 3.68. The fourth-order valence-electron chi connectivity index (χ4n) is 2.73. The lowest BCUT2D eigenvalue weighted by Gasteiger charge is -2.21. The van der Waals surface area contributed by atoms with Crippen LogP contribution in [0.3, 0.4) is 0 Å². The smallest absolute Gasteiger partial charge is 0.322 e. The summed E-state index contributed by atoms with van der Waals surface area (Å²) in [5, 5.41) is 7.40. The molecule has 0 bridgehead atoms. The van der Waals surface area contributed by atoms with E-state index < -0.39 is 33.2 Å². The zero-order valence-corrected chi connectivity index (χ0v) is 15.4. The highest BCUT2D eigenvalue weighted by molar-refractivity contribution is 7.90. The second-order valence-electron chi connectivity index (χ2n) is 6.37. The van der Waals surface area contributed by atoms with Gasteiger partial charge in [-0.25, -0.2) is 13.2 Å². The topological polar surface area (TPSA) is 121 Å². The van der Waals surface area contributed by atoms with Crippen molar-refractivity contribution in [1.29, 1.82) is 0 Å². The van der Waals surface area contributed by atoms with Gasteiger partial charge in [-0.1, -0.05) is 18.2 Å². The molecule has 3 N–H and O–H groups in total. The number of nitrogens with one attached hydrogen (secondary N) is 3. The molecule has 2 aromatic rings. The van der Waals surface area contributed by atoms with Gasteiger partial charge >= 0.3 is 6.03 Å². The summed E-state index contributed by atoms with van der Waals surface area (Å²) in [7, 11) is -3.43. The minimum atomic E-state index is -3.43. The fourth-order valence-corrected chi connectivity index (χ4v) is 3.39. The van der Waals surface area contributed by atoms with Gasteiger partial charge in [0.25, 0.3) is 11.8 Å². The first-order valence-corrected chi connectivity index (χ1v) is 9.84. The van der Waals surface area contributed by atoms with Gasteiger partial charge in [0.2, 0.25) is 0 Å². The van der Waals surface area contributed by atoms with E-state index in [1.54, 1.807) is 31.2 Å². The number of carbonyl (C=O) groups excluding carboxylic acids is 3. The van der Waals surface area contributed by atoms with Gasteiger partial charge in [0.15, 0.2) is 9.84 Å². The molecule has 0 aliphatic carbocycles. The molecule has 8 nitrogen and oxygen atoms in total. The van der Waals surface area contributed by atoms with Crippen molar-refractivity contribution in [2.75, 3.05) is 11.6 Å². The Bertz CT molecular complexity index is 1060. The van der Waals surface area contributed by atoms with Gasteiger partial charge in [-0.05, 0) is 42.8 Å². The summed E-state index contributed by atoms with van der Waals surface area (Å²) in [5.41, 5.74) is -0.166. The second-order valence-corrected chi connectivity index (χ2v) is 8.38. The Kier molecular flexibility index (Phi) is 4.48. The van der Waals surface area contributed by atoms with Crippen LogP contribution in [0.5, 0.6) is 0 Å². The number of benzene rings is 2. The molecular weight excluding hydrogens is 370 g/mol. The molecule has 0 unspecified atom stereocenters. The summed E-state index contributed by atoms with van der Waals surface area (Å²) in [4.78, 5) is 36.0. The molecule has 1 saturated heterocycles. The highest BCUT2D eigenvalue weighted by Gasteiger charge is 2.43. The molecule has 1 atom stereocenters. The van der Waals surface area contributed by atoms with Crippen molar-refractivity contribution in [3.8, 4) is 0 Å². The number of urea groups is 1. The number of amides is 4. The van der Waals surface area contributed by atoms with Crippen LogP contribution in [0.15, 0.2) is 53.4 Å². The average molecular weight is 387 g/mol. The van der Waals surface area contributed by atoms with Gasteiger partial charge in [0.05, 0.1) is 4.90 Å². The van der Waals surface area contributed by atoms with Crippen LogP contribution in [-0.2, 0) is 20.2 Å². The zero-order valence-electron chi connectivity index (χ0n) is 14.6. The van der Waals surface area contributed by atoms with E-state index in [2.05, 4.69) is 16.0 Å². The lowest BCUT2D eigenvalue weighted by atomic mass is 9.92. The molecule has 4 amide bonds. The van der Waals surface area contributed by atoms with Crippen molar-refractivity contribution in [1.82, 2.24) is 10.6 Å². The molecule has 0 aromatic heterocycles. The zero-order chi connectivity index (χ0) is 19.8. The van der Waals surface area contributed by atoms with Crippen LogP contribution in [0.25, 0.3) is 0 Å². The van der Waals surface area contributed by atoms with Crippen LogP contribution in [0, 0.1) is 0 Å². The summed E-state index contributed by atoms with van der Waals surface area (Å²) in [6.45, 7) is 1.56. The number of anilines is 1. The van der Waals surface area contributed by atoms with Gasteiger partial charge < -0.3 is 10.6 Å². The lowest BCUT2D eigenvalue weighted by molar-refractivity contribution is -0.123. The van der Waals surface area contributed by atoms with E-state index in [4.69, 9.17) is 0 Å². The molecule has 1 fully saturated rings. The lowest BCUT2D eigenvalue weighted by Crippen LogP contribution is -2.40. The maximum atomic E-state index is 12.5. The average Bonchev–Trinajstić information content (AvgIpc) is 2.87. The maximum absolute atomic E-state index is 12.5. The van der Waals surface area contributed by atoms with Crippen LogP contribution in [0.1, 0.15) is 22.8 Å². The minimum Gasteiger partial charge on any atom is -0.322 e. The van der Waals surface area contributed by atoms with Crippen LogP contribution in [-0.4, -0.2) is 32.5 Å². The SMILES string of the molecule is C[C@]1(c2cccc(NC(=O)c3cccc(S(C)(=O)=O)c3)c2)NC(=O)NC1=O. The van der Waals surface area contributed by atoms with E-state index in [1.165, 1.54) is 24.3 Å². The van der Waals surface area contributed by atoms with E-state index in [9.17, 15) is 22.8 Å². The Labute approximate surface area is 155 Å². The summed E-state index contributed by atoms with van der Waals surface area (Å²) in [5.74, 6) is -0.987. The van der Waals surface area contributed by atoms with E-state index >= 15 is 0 Å². The standard InChI is InChI=1S/C18H17N3O5S/c1-18(16(23)20-17(24)21-18)12-6-4-7-13(10-12)19-15(22)11-5-3-8-14(9-11)27(2,25)26/h3-10H,1-2H3,(H,19,22)(H2,20,21,23,24)/t18-/m1/s1. The van der Waals surface area contributed by atoms with Crippen LogP contribution in [0.4, 0.5) is 10.5 Å². The van der Waals surface area contributed by atoms with E-state index in [-0.39, 0.29) is 10.5 Å². The van der Waals surface area contributed by atoms with E-state index in [0.717, 1.165) is 6.26 Å². The number of hydrogen-bond acceptors (Lipinski definition) is 5. The van der Waals surface area contributed by atoms with Crippen molar-refractivity contribution >= 4 is 33.4 Å². The van der Waals surface area contributed by atoms with Gasteiger partial charge in [-0.15, -0.1) is 0 Å². The molecule has 1 heterocycles. The number of hydrogen-bond donors (Lipinski definition) is 3. The van der Waals surface area contributed by atoms with Gasteiger partial charge in [-0.3, -0.25) is 14.9 Å². The largest absolute Gasteiger partial charge is 0.322 e. The first-order valence-electron chi connectivity index (χ1n) is 7.95. The van der Waals surface area contributed by atoms with Gasteiger partial charge in [0, 0.05) is 17.5 Å². The summed E-state index contributed by atoms with van der Waals surface area (Å²) in [6, 6.07) is 11.6. The number of imide groups is 1. The number of sulfone groups is 1. The van der Waals surface area contributed by atoms with Gasteiger partial charge in [-0.2, -0.15) is 0 Å². The maximum Gasteiger partial charge on any atom is 0.322 e. The highest BCUT2D eigenvalue weighted by atomic mass is 32.2. The van der Waals surface area contributed by atoms with Gasteiger partial charge in [0.1, 0.15) is 5.54 Å². The van der Waals surface area contributed by atoms with Crippen molar-refractivity contribution in [3.63, 3.8) is 0 Å². The predicted octanol–water partition coefficient (Wildman–Crippen LogP) is 1.40. The molecule has 0 saturated carbocycles. The van der Waals surface area contributed by atoms with E-state index in [1.807, 2.05) is 0 Å².